The van der Waals surface area contributed by atoms with Crippen LogP contribution in [0, 0.1) is 0 Å². The smallest absolute Gasteiger partial charge is 0.255 e. The van der Waals surface area contributed by atoms with Gasteiger partial charge in [-0.05, 0) is 62.9 Å². The van der Waals surface area contributed by atoms with Crippen molar-refractivity contribution in [3.05, 3.63) is 101 Å². The number of likely N-dealkylation sites (N-methyl/N-ethyl adjacent to an activating group) is 2. The number of amides is 5. The first-order valence-electron chi connectivity index (χ1n) is 16.7. The van der Waals surface area contributed by atoms with Gasteiger partial charge in [0.2, 0.25) is 23.6 Å². The maximum Gasteiger partial charge on any atom is 0.255 e. The second kappa shape index (κ2) is 17.2. The number of hydrogen-bond donors (Lipinski definition) is 3. The van der Waals surface area contributed by atoms with Gasteiger partial charge in [-0.3, -0.25) is 24.0 Å². The Bertz CT molecular complexity index is 1680. The molecule has 1 aliphatic heterocycles. The molecule has 0 saturated heterocycles. The number of carbonyl (C=O) groups is 5. The van der Waals surface area contributed by atoms with Gasteiger partial charge in [-0.2, -0.15) is 0 Å². The van der Waals surface area contributed by atoms with Crippen LogP contribution in [-0.2, 0) is 32.1 Å². The fourth-order valence-corrected chi connectivity index (χ4v) is 6.08. The van der Waals surface area contributed by atoms with Crippen LogP contribution in [0.15, 0.2) is 78.9 Å². The Morgan fingerprint density at radius 2 is 1.60 bits per heavy atom. The lowest BCUT2D eigenvalue weighted by molar-refractivity contribution is -0.137. The summed E-state index contributed by atoms with van der Waals surface area (Å²) < 4.78 is 6.25. The molecule has 1 aliphatic rings. The first-order valence-corrected chi connectivity index (χ1v) is 17.0. The number of carbonyl (C=O) groups excluding carboxylic acids is 5. The van der Waals surface area contributed by atoms with Crippen molar-refractivity contribution in [2.24, 2.45) is 0 Å². The molecule has 266 valence electrons. The van der Waals surface area contributed by atoms with Gasteiger partial charge in [0.15, 0.2) is 0 Å². The van der Waals surface area contributed by atoms with E-state index >= 15 is 0 Å². The van der Waals surface area contributed by atoms with Crippen molar-refractivity contribution in [3.8, 4) is 5.75 Å². The van der Waals surface area contributed by atoms with E-state index in [1.54, 1.807) is 76.2 Å². The van der Waals surface area contributed by atoms with Crippen molar-refractivity contribution in [1.29, 1.82) is 0 Å². The summed E-state index contributed by atoms with van der Waals surface area (Å²) in [5.74, 6) is -1.84. The molecule has 3 aromatic rings. The van der Waals surface area contributed by atoms with E-state index in [2.05, 4.69) is 16.0 Å². The Morgan fingerprint density at radius 3 is 2.32 bits per heavy atom. The summed E-state index contributed by atoms with van der Waals surface area (Å²) in [5, 5.41) is 8.97. The number of rotatable bonds is 5. The van der Waals surface area contributed by atoms with E-state index in [1.165, 1.54) is 4.90 Å². The lowest BCUT2D eigenvalue weighted by Crippen LogP contribution is -2.53. The Morgan fingerprint density at radius 1 is 0.940 bits per heavy atom. The highest BCUT2D eigenvalue weighted by molar-refractivity contribution is 6.31. The summed E-state index contributed by atoms with van der Waals surface area (Å²) in [6.07, 6.45) is 0.238. The molecule has 12 heteroatoms. The highest BCUT2D eigenvalue weighted by Crippen LogP contribution is 2.22. The first-order chi connectivity index (χ1) is 23.7. The predicted octanol–water partition coefficient (Wildman–Crippen LogP) is 4.13. The van der Waals surface area contributed by atoms with Crippen molar-refractivity contribution in [1.82, 2.24) is 25.8 Å². The largest absolute Gasteiger partial charge is 0.491 e. The number of nitrogens with zero attached hydrogens (tertiary/aromatic N) is 2. The van der Waals surface area contributed by atoms with Gasteiger partial charge in [0.1, 0.15) is 24.4 Å². The van der Waals surface area contributed by atoms with E-state index < -0.39 is 47.3 Å². The molecule has 3 atom stereocenters. The molecule has 4 rings (SSSR count). The molecule has 1 heterocycles. The molecule has 0 spiro atoms. The van der Waals surface area contributed by atoms with Crippen LogP contribution >= 0.6 is 11.6 Å². The van der Waals surface area contributed by atoms with Crippen molar-refractivity contribution in [2.45, 2.75) is 76.7 Å². The molecule has 50 heavy (non-hydrogen) atoms. The minimum atomic E-state index is -1.07. The fourth-order valence-electron chi connectivity index (χ4n) is 5.88. The average molecular weight is 704 g/mol. The van der Waals surface area contributed by atoms with E-state index in [0.717, 1.165) is 11.1 Å². The van der Waals surface area contributed by atoms with Crippen LogP contribution in [0.4, 0.5) is 0 Å². The molecule has 0 aliphatic carbocycles. The highest BCUT2D eigenvalue weighted by atomic mass is 35.5. The summed E-state index contributed by atoms with van der Waals surface area (Å²) in [6.45, 7) is 5.25. The fraction of sp³-hybridized carbons (Fsp3) is 0.395. The number of para-hydroxylation sites is 1. The normalized spacial score (nSPS) is 20.8. The highest BCUT2D eigenvalue weighted by Gasteiger charge is 2.32. The van der Waals surface area contributed by atoms with Gasteiger partial charge in [-0.1, -0.05) is 72.3 Å². The zero-order valence-electron chi connectivity index (χ0n) is 29.2. The minimum Gasteiger partial charge on any atom is -0.491 e. The molecule has 5 amide bonds. The maximum atomic E-state index is 13.9. The number of hydrogen-bond acceptors (Lipinski definition) is 6. The third-order valence-electron chi connectivity index (χ3n) is 8.61. The van der Waals surface area contributed by atoms with Gasteiger partial charge in [-0.15, -0.1) is 0 Å². The average Bonchev–Trinajstić information content (AvgIpc) is 3.07. The molecule has 3 N–H and O–H groups in total. The van der Waals surface area contributed by atoms with Crippen LogP contribution in [-0.4, -0.2) is 83.7 Å². The summed E-state index contributed by atoms with van der Waals surface area (Å²) in [4.78, 5) is 70.5. The molecule has 11 nitrogen and oxygen atoms in total. The summed E-state index contributed by atoms with van der Waals surface area (Å²) >= 11 is 6.36. The Kier molecular flexibility index (Phi) is 13.0. The number of ether oxygens (including phenoxy) is 1. The van der Waals surface area contributed by atoms with Gasteiger partial charge in [0.25, 0.3) is 5.91 Å². The molecule has 0 fully saturated rings. The zero-order chi connectivity index (χ0) is 36.4. The molecule has 0 saturated carbocycles. The second-order valence-electron chi connectivity index (χ2n) is 13.3. The lowest BCUT2D eigenvalue weighted by atomic mass is 9.98. The SMILES string of the molecule is C[C@@H]1NC(=O)CC(C)(C)NC(=O)CC[C@@H](C(=O)N(C)Cc2ccccc2Cl)NC(=O)c2ccccc2OC[C@H](Cc2ccccc2)N(C)C1=O. The van der Waals surface area contributed by atoms with Gasteiger partial charge >= 0.3 is 0 Å². The maximum absolute atomic E-state index is 13.9. The second-order valence-corrected chi connectivity index (χ2v) is 13.8. The molecule has 0 radical (unpaired) electrons. The van der Waals surface area contributed by atoms with Gasteiger partial charge in [0, 0.05) is 44.0 Å². The summed E-state index contributed by atoms with van der Waals surface area (Å²) in [6, 6.07) is 21.1. The van der Waals surface area contributed by atoms with E-state index in [4.69, 9.17) is 16.3 Å². The van der Waals surface area contributed by atoms with E-state index in [1.807, 2.05) is 42.5 Å². The quantitative estimate of drug-likeness (QED) is 0.366. The van der Waals surface area contributed by atoms with Crippen molar-refractivity contribution in [3.63, 3.8) is 0 Å². The standard InChI is InChI=1S/C38H46ClN5O6/c1-25-36(48)44(5)28(21-26-13-7-6-8-14-26)24-50-32-18-12-10-16-29(32)35(47)41-31(19-20-33(45)42-38(2,3)22-34(46)40-25)37(49)43(4)23-27-15-9-11-17-30(27)39/h6-18,25,28,31H,19-24H2,1-5H3,(H,40,46)(H,41,47)(H,42,45)/t25-,28-,31-/m0/s1. The van der Waals surface area contributed by atoms with Crippen LogP contribution in [0.25, 0.3) is 0 Å². The third-order valence-corrected chi connectivity index (χ3v) is 8.97. The molecule has 3 aromatic carbocycles. The van der Waals surface area contributed by atoms with Crippen LogP contribution in [0.5, 0.6) is 5.75 Å². The minimum absolute atomic E-state index is 0.00987. The van der Waals surface area contributed by atoms with Crippen LogP contribution in [0.3, 0.4) is 0 Å². The Labute approximate surface area is 298 Å². The van der Waals surface area contributed by atoms with Crippen molar-refractivity contribution >= 4 is 41.1 Å². The Balaban J connectivity index is 1.66. The third kappa shape index (κ3) is 10.5. The first kappa shape index (κ1) is 37.9. The van der Waals surface area contributed by atoms with Gasteiger partial charge < -0.3 is 30.5 Å². The van der Waals surface area contributed by atoms with Crippen LogP contribution < -0.4 is 20.7 Å². The van der Waals surface area contributed by atoms with Crippen molar-refractivity contribution < 1.29 is 28.7 Å². The van der Waals surface area contributed by atoms with Crippen molar-refractivity contribution in [2.75, 3.05) is 20.7 Å². The van der Waals surface area contributed by atoms with E-state index in [9.17, 15) is 24.0 Å². The monoisotopic (exact) mass is 703 g/mol. The van der Waals surface area contributed by atoms with Gasteiger partial charge in [0.05, 0.1) is 11.6 Å². The van der Waals surface area contributed by atoms with E-state index in [0.29, 0.717) is 11.4 Å². The summed E-state index contributed by atoms with van der Waals surface area (Å²) in [7, 11) is 3.26. The van der Waals surface area contributed by atoms with Crippen LogP contribution in [0.2, 0.25) is 5.02 Å². The number of nitrogens with one attached hydrogen (secondary N) is 3. The molecule has 0 bridgehead atoms. The topological polar surface area (TPSA) is 137 Å². The molecular formula is C38H46ClN5O6. The molecular weight excluding hydrogens is 658 g/mol. The van der Waals surface area contributed by atoms with E-state index in [-0.39, 0.29) is 49.6 Å². The number of halogens is 1. The number of fused-ring (bicyclic) bond motifs is 1. The van der Waals surface area contributed by atoms with Crippen LogP contribution in [0.1, 0.15) is 61.5 Å². The Hall–Kier alpha value is -4.90. The zero-order valence-corrected chi connectivity index (χ0v) is 30.0. The predicted molar refractivity (Wildman–Crippen MR) is 191 cm³/mol. The molecule has 0 aromatic heterocycles. The lowest BCUT2D eigenvalue weighted by Gasteiger charge is -2.31. The van der Waals surface area contributed by atoms with Gasteiger partial charge in [-0.25, -0.2) is 0 Å². The molecule has 0 unspecified atom stereocenters. The summed E-state index contributed by atoms with van der Waals surface area (Å²) in [5.41, 5.74) is 0.925. The number of benzene rings is 3.